The molecule has 51 heavy (non-hydrogen) atoms. The number of nitrogens with zero attached hydrogens (tertiary/aromatic N) is 4. The largest absolute Gasteiger partial charge is 0.309 e. The van der Waals surface area contributed by atoms with Crippen LogP contribution in [0.1, 0.15) is 0 Å². The Hall–Kier alpha value is -6.21. The van der Waals surface area contributed by atoms with Gasteiger partial charge in [0.15, 0.2) is 17.5 Å². The third-order valence-electron chi connectivity index (χ3n) is 9.87. The summed E-state index contributed by atoms with van der Waals surface area (Å²) in [6.45, 7) is 0. The number of aromatic nitrogens is 4. The van der Waals surface area contributed by atoms with E-state index in [1.807, 2.05) is 0 Å². The van der Waals surface area contributed by atoms with Crippen LogP contribution in [0.2, 0.25) is 0 Å². The van der Waals surface area contributed by atoms with Crippen LogP contribution in [-0.2, 0) is 0 Å². The third-order valence-corrected chi connectivity index (χ3v) is 12.2. The molecule has 0 atom stereocenters. The van der Waals surface area contributed by atoms with Crippen molar-refractivity contribution in [3.05, 3.63) is 158 Å². The molecule has 4 heterocycles. The minimum absolute atomic E-state index is 0.649. The van der Waals surface area contributed by atoms with Gasteiger partial charge in [0.1, 0.15) is 0 Å². The highest BCUT2D eigenvalue weighted by atomic mass is 32.1. The molecule has 4 nitrogen and oxygen atoms in total. The number of benzene rings is 7. The molecule has 0 saturated heterocycles. The smallest absolute Gasteiger partial charge is 0.165 e. The number of para-hydroxylation sites is 2. The van der Waals surface area contributed by atoms with Crippen LogP contribution >= 0.6 is 22.7 Å². The fourth-order valence-electron chi connectivity index (χ4n) is 7.60. The lowest BCUT2D eigenvalue weighted by atomic mass is 10.0. The Morgan fingerprint density at radius 2 is 1.00 bits per heavy atom. The summed E-state index contributed by atoms with van der Waals surface area (Å²) in [6, 6.07) is 56.0. The molecule has 0 spiro atoms. The van der Waals surface area contributed by atoms with Crippen LogP contribution in [0, 0.1) is 0 Å². The van der Waals surface area contributed by atoms with Gasteiger partial charge in [-0.25, -0.2) is 15.0 Å². The summed E-state index contributed by atoms with van der Waals surface area (Å²) in [4.78, 5) is 15.9. The summed E-state index contributed by atoms with van der Waals surface area (Å²) in [5.41, 5.74) is 6.36. The minimum atomic E-state index is 0.649. The Morgan fingerprint density at radius 1 is 0.392 bits per heavy atom. The molecule has 0 amide bonds. The van der Waals surface area contributed by atoms with E-state index in [0.717, 1.165) is 27.9 Å². The third kappa shape index (κ3) is 4.40. The maximum atomic E-state index is 5.30. The zero-order valence-electron chi connectivity index (χ0n) is 27.1. The molecule has 0 radical (unpaired) electrons. The Balaban J connectivity index is 1.21. The van der Waals surface area contributed by atoms with E-state index in [1.165, 1.54) is 56.6 Å². The normalized spacial score (nSPS) is 11.9. The van der Waals surface area contributed by atoms with Crippen LogP contribution in [0.4, 0.5) is 0 Å². The van der Waals surface area contributed by atoms with Gasteiger partial charge < -0.3 is 4.57 Å². The molecule has 0 aliphatic heterocycles. The molecule has 0 bridgehead atoms. The van der Waals surface area contributed by atoms with Gasteiger partial charge in [0.2, 0.25) is 0 Å². The van der Waals surface area contributed by atoms with Crippen LogP contribution in [0.3, 0.4) is 0 Å². The highest BCUT2D eigenvalue weighted by Crippen LogP contribution is 2.42. The predicted molar refractivity (Wildman–Crippen MR) is 216 cm³/mol. The van der Waals surface area contributed by atoms with Crippen molar-refractivity contribution in [3.63, 3.8) is 0 Å². The Bertz CT molecular complexity index is 3150. The topological polar surface area (TPSA) is 43.6 Å². The van der Waals surface area contributed by atoms with E-state index in [9.17, 15) is 0 Å². The van der Waals surface area contributed by atoms with E-state index in [4.69, 9.17) is 15.0 Å². The van der Waals surface area contributed by atoms with Crippen molar-refractivity contribution in [2.75, 3.05) is 0 Å². The summed E-state index contributed by atoms with van der Waals surface area (Å²) in [7, 11) is 0. The number of hydrogen-bond acceptors (Lipinski definition) is 5. The molecule has 6 heteroatoms. The Labute approximate surface area is 300 Å². The Morgan fingerprint density at radius 3 is 1.86 bits per heavy atom. The molecule has 0 N–H and O–H groups in total. The maximum absolute atomic E-state index is 5.30. The SMILES string of the molecule is c1ccc(-n2c3ccccc3c3ccc(-c4nc(-c5cccc6c5sc5ccccc56)nc(-c5cccc6sc7ccccc7c56)n4)cc32)cc1. The molecule has 0 aliphatic rings. The first-order valence-corrected chi connectivity index (χ1v) is 18.6. The summed E-state index contributed by atoms with van der Waals surface area (Å²) in [5.74, 6) is 2.00. The van der Waals surface area contributed by atoms with Crippen molar-refractivity contribution in [2.45, 2.75) is 0 Å². The van der Waals surface area contributed by atoms with Gasteiger partial charge in [-0.3, -0.25) is 0 Å². The van der Waals surface area contributed by atoms with Gasteiger partial charge >= 0.3 is 0 Å². The predicted octanol–water partition coefficient (Wildman–Crippen LogP) is 12.7. The van der Waals surface area contributed by atoms with Crippen LogP contribution < -0.4 is 0 Å². The van der Waals surface area contributed by atoms with Gasteiger partial charge in [-0.1, -0.05) is 109 Å². The molecule has 7 aromatic carbocycles. The lowest BCUT2D eigenvalue weighted by Crippen LogP contribution is -2.01. The van der Waals surface area contributed by atoms with E-state index in [-0.39, 0.29) is 0 Å². The summed E-state index contributed by atoms with van der Waals surface area (Å²) >= 11 is 3.60. The highest BCUT2D eigenvalue weighted by molar-refractivity contribution is 7.26. The average molecular weight is 687 g/mol. The summed E-state index contributed by atoms with van der Waals surface area (Å²) in [5, 5.41) is 7.28. The molecule has 11 aromatic rings. The standard InChI is InChI=1S/C45H26N4S2/c1-2-12-28(13-3-1)49-36-20-7-4-14-29(36)30-25-24-27(26-37(30)49)43-46-44(34-18-11-23-40-41(34)33-16-6-9-22-39(33)50-40)48-45(47-43)35-19-10-17-32-31-15-5-8-21-38(31)51-42(32)35/h1-26H. The van der Waals surface area contributed by atoms with E-state index in [0.29, 0.717) is 17.5 Å². The van der Waals surface area contributed by atoms with Crippen molar-refractivity contribution in [2.24, 2.45) is 0 Å². The van der Waals surface area contributed by atoms with E-state index >= 15 is 0 Å². The molecule has 0 unspecified atom stereocenters. The number of hydrogen-bond donors (Lipinski definition) is 0. The molecule has 0 saturated carbocycles. The second-order valence-corrected chi connectivity index (χ2v) is 14.9. The van der Waals surface area contributed by atoms with Gasteiger partial charge in [-0.05, 0) is 48.5 Å². The van der Waals surface area contributed by atoms with Crippen molar-refractivity contribution < 1.29 is 0 Å². The average Bonchev–Trinajstić information content (AvgIpc) is 3.87. The van der Waals surface area contributed by atoms with E-state index in [2.05, 4.69) is 162 Å². The lowest BCUT2D eigenvalue weighted by Gasteiger charge is -2.11. The molecule has 0 aliphatic carbocycles. The van der Waals surface area contributed by atoms with Crippen LogP contribution in [0.15, 0.2) is 158 Å². The second-order valence-electron chi connectivity index (χ2n) is 12.8. The zero-order chi connectivity index (χ0) is 33.5. The summed E-state index contributed by atoms with van der Waals surface area (Å²) < 4.78 is 7.25. The van der Waals surface area contributed by atoms with Crippen molar-refractivity contribution in [1.29, 1.82) is 0 Å². The maximum Gasteiger partial charge on any atom is 0.165 e. The number of fused-ring (bicyclic) bond motifs is 9. The van der Waals surface area contributed by atoms with Gasteiger partial charge in [-0.15, -0.1) is 22.7 Å². The minimum Gasteiger partial charge on any atom is -0.309 e. The van der Waals surface area contributed by atoms with E-state index in [1.54, 1.807) is 22.7 Å². The van der Waals surface area contributed by atoms with E-state index < -0.39 is 0 Å². The number of rotatable bonds is 4. The molecule has 238 valence electrons. The lowest BCUT2D eigenvalue weighted by molar-refractivity contribution is 1.08. The quantitative estimate of drug-likeness (QED) is 0.185. The van der Waals surface area contributed by atoms with Crippen molar-refractivity contribution >= 4 is 84.8 Å². The second kappa shape index (κ2) is 11.2. The van der Waals surface area contributed by atoms with Gasteiger partial charge in [0.25, 0.3) is 0 Å². The Kier molecular flexibility index (Phi) is 6.26. The first-order valence-electron chi connectivity index (χ1n) is 16.9. The fourth-order valence-corrected chi connectivity index (χ4v) is 9.94. The number of thiophene rings is 2. The van der Waals surface area contributed by atoms with Crippen LogP contribution in [0.25, 0.3) is 102 Å². The molecule has 11 rings (SSSR count). The molecular formula is C45H26N4S2. The van der Waals surface area contributed by atoms with Crippen molar-refractivity contribution in [1.82, 2.24) is 19.5 Å². The van der Waals surface area contributed by atoms with Gasteiger partial charge in [0, 0.05) is 73.5 Å². The monoisotopic (exact) mass is 686 g/mol. The highest BCUT2D eigenvalue weighted by Gasteiger charge is 2.20. The van der Waals surface area contributed by atoms with Crippen LogP contribution in [-0.4, -0.2) is 19.5 Å². The van der Waals surface area contributed by atoms with Crippen molar-refractivity contribution in [3.8, 4) is 39.9 Å². The molecular weight excluding hydrogens is 661 g/mol. The first kappa shape index (κ1) is 28.6. The first-order chi connectivity index (χ1) is 25.3. The van der Waals surface area contributed by atoms with Crippen LogP contribution in [0.5, 0.6) is 0 Å². The molecule has 4 aromatic heterocycles. The van der Waals surface area contributed by atoms with Gasteiger partial charge in [-0.2, -0.15) is 0 Å². The summed E-state index contributed by atoms with van der Waals surface area (Å²) in [6.07, 6.45) is 0. The van der Waals surface area contributed by atoms with Gasteiger partial charge in [0.05, 0.1) is 11.0 Å². The fraction of sp³-hybridized carbons (Fsp3) is 0. The molecule has 0 fully saturated rings. The zero-order valence-corrected chi connectivity index (χ0v) is 28.7.